The summed E-state index contributed by atoms with van der Waals surface area (Å²) in [5.74, 6) is 2.12. The Morgan fingerprint density at radius 1 is 1.76 bits per heavy atom. The van der Waals surface area contributed by atoms with E-state index in [2.05, 4.69) is 5.10 Å². The molecule has 0 radical (unpaired) electrons. The van der Waals surface area contributed by atoms with Crippen LogP contribution < -0.4 is 5.73 Å². The van der Waals surface area contributed by atoms with E-state index in [1.165, 1.54) is 0 Å². The predicted molar refractivity (Wildman–Crippen MR) is 68.6 cm³/mol. The fourth-order valence-electron chi connectivity index (χ4n) is 1.97. The van der Waals surface area contributed by atoms with Crippen LogP contribution in [0.15, 0.2) is 12.4 Å². The van der Waals surface area contributed by atoms with Crippen molar-refractivity contribution in [2.75, 3.05) is 18.6 Å². The minimum absolute atomic E-state index is 0.0227. The van der Waals surface area contributed by atoms with Gasteiger partial charge in [0, 0.05) is 37.7 Å². The number of carbonyl (C=O) groups is 1. The zero-order valence-electron chi connectivity index (χ0n) is 10.2. The minimum atomic E-state index is -0.598. The van der Waals surface area contributed by atoms with Gasteiger partial charge in [0.05, 0.1) is 6.20 Å². The molecule has 94 valence electrons. The smallest absolute Gasteiger partial charge is 0.244 e. The van der Waals surface area contributed by atoms with Crippen LogP contribution in [-0.4, -0.2) is 45.2 Å². The molecular weight excluding hydrogens is 236 g/mol. The Kier molecular flexibility index (Phi) is 3.73. The van der Waals surface area contributed by atoms with Crippen LogP contribution in [0.25, 0.3) is 0 Å². The zero-order chi connectivity index (χ0) is 12.4. The van der Waals surface area contributed by atoms with Gasteiger partial charge < -0.3 is 10.6 Å². The molecule has 1 aromatic heterocycles. The van der Waals surface area contributed by atoms with Crippen LogP contribution in [0, 0.1) is 0 Å². The van der Waals surface area contributed by atoms with E-state index in [0.29, 0.717) is 6.04 Å². The third kappa shape index (κ3) is 2.63. The summed E-state index contributed by atoms with van der Waals surface area (Å²) in [5, 5.41) is 4.04. The largest absolute Gasteiger partial charge is 0.340 e. The lowest BCUT2D eigenvalue weighted by Gasteiger charge is -2.26. The number of aromatic nitrogens is 2. The molecule has 6 heteroatoms. The molecule has 0 spiro atoms. The number of likely N-dealkylation sites (N-methyl/N-ethyl adjacent to an activating group) is 1. The van der Waals surface area contributed by atoms with Gasteiger partial charge in [-0.2, -0.15) is 16.9 Å². The molecule has 1 fully saturated rings. The summed E-state index contributed by atoms with van der Waals surface area (Å²) in [6.07, 6.45) is 4.51. The molecule has 0 bridgehead atoms. The molecule has 1 aliphatic rings. The molecule has 2 heterocycles. The van der Waals surface area contributed by atoms with E-state index < -0.39 is 6.04 Å². The molecule has 2 atom stereocenters. The molecule has 0 aromatic carbocycles. The van der Waals surface area contributed by atoms with Crippen molar-refractivity contribution in [1.82, 2.24) is 14.7 Å². The average Bonchev–Trinajstić information content (AvgIpc) is 2.96. The maximum absolute atomic E-state index is 12.2. The second-order valence-corrected chi connectivity index (χ2v) is 5.54. The molecule has 2 rings (SSSR count). The molecule has 17 heavy (non-hydrogen) atoms. The van der Waals surface area contributed by atoms with Crippen LogP contribution in [0.5, 0.6) is 0 Å². The van der Waals surface area contributed by atoms with Gasteiger partial charge >= 0.3 is 0 Å². The molecule has 2 unspecified atom stereocenters. The Bertz CT molecular complexity index is 400. The van der Waals surface area contributed by atoms with E-state index in [-0.39, 0.29) is 5.91 Å². The Labute approximate surface area is 105 Å². The summed E-state index contributed by atoms with van der Waals surface area (Å²) >= 11 is 1.89. The number of hydrogen-bond acceptors (Lipinski definition) is 4. The second kappa shape index (κ2) is 5.10. The quantitative estimate of drug-likeness (QED) is 0.847. The Morgan fingerprint density at radius 2 is 2.53 bits per heavy atom. The first-order valence-electron chi connectivity index (χ1n) is 5.68. The fraction of sp³-hybridized carbons (Fsp3) is 0.636. The monoisotopic (exact) mass is 254 g/mol. The first kappa shape index (κ1) is 12.4. The van der Waals surface area contributed by atoms with Gasteiger partial charge in [0.25, 0.3) is 0 Å². The highest BCUT2D eigenvalue weighted by molar-refractivity contribution is 7.99. The number of carbonyl (C=O) groups excluding carboxylic acids is 1. The number of nitrogens with zero attached hydrogens (tertiary/aromatic N) is 3. The van der Waals surface area contributed by atoms with Crippen molar-refractivity contribution in [1.29, 1.82) is 0 Å². The van der Waals surface area contributed by atoms with Crippen molar-refractivity contribution < 1.29 is 4.79 Å². The number of hydrogen-bond donors (Lipinski definition) is 1. The van der Waals surface area contributed by atoms with Gasteiger partial charge in [-0.25, -0.2) is 0 Å². The number of thioether (sulfide) groups is 1. The van der Waals surface area contributed by atoms with Gasteiger partial charge in [0.1, 0.15) is 6.04 Å². The summed E-state index contributed by atoms with van der Waals surface area (Å²) < 4.78 is 1.66. The molecule has 1 amide bonds. The van der Waals surface area contributed by atoms with E-state index in [9.17, 15) is 4.79 Å². The van der Waals surface area contributed by atoms with Gasteiger partial charge in [0.2, 0.25) is 5.91 Å². The van der Waals surface area contributed by atoms with Crippen LogP contribution in [0.2, 0.25) is 0 Å². The van der Waals surface area contributed by atoms with Crippen molar-refractivity contribution in [3.05, 3.63) is 18.0 Å². The van der Waals surface area contributed by atoms with Crippen molar-refractivity contribution >= 4 is 17.7 Å². The topological polar surface area (TPSA) is 64.2 Å². The van der Waals surface area contributed by atoms with Crippen LogP contribution in [0.3, 0.4) is 0 Å². The number of amides is 1. The first-order chi connectivity index (χ1) is 8.09. The lowest BCUT2D eigenvalue weighted by molar-refractivity contribution is -0.133. The highest BCUT2D eigenvalue weighted by Crippen LogP contribution is 2.23. The summed E-state index contributed by atoms with van der Waals surface area (Å²) in [6, 6.07) is -0.269. The maximum atomic E-state index is 12.2. The van der Waals surface area contributed by atoms with E-state index in [4.69, 9.17) is 5.73 Å². The van der Waals surface area contributed by atoms with Gasteiger partial charge in [0.15, 0.2) is 0 Å². The number of nitrogens with two attached hydrogens (primary N) is 1. The molecule has 0 aliphatic carbocycles. The lowest BCUT2D eigenvalue weighted by Crippen LogP contribution is -2.42. The Morgan fingerprint density at radius 3 is 3.06 bits per heavy atom. The highest BCUT2D eigenvalue weighted by atomic mass is 32.2. The van der Waals surface area contributed by atoms with Crippen molar-refractivity contribution in [3.8, 4) is 0 Å². The van der Waals surface area contributed by atoms with Crippen molar-refractivity contribution in [2.24, 2.45) is 12.8 Å². The fourth-order valence-corrected chi connectivity index (χ4v) is 3.24. The summed E-state index contributed by atoms with van der Waals surface area (Å²) in [4.78, 5) is 14.0. The normalized spacial score (nSPS) is 21.5. The highest BCUT2D eigenvalue weighted by Gasteiger charge is 2.28. The number of aryl methyl sites for hydroxylation is 1. The van der Waals surface area contributed by atoms with Gasteiger partial charge in [-0.05, 0) is 12.2 Å². The minimum Gasteiger partial charge on any atom is -0.340 e. The van der Waals surface area contributed by atoms with Gasteiger partial charge in [-0.3, -0.25) is 9.48 Å². The van der Waals surface area contributed by atoms with Crippen LogP contribution in [0.4, 0.5) is 0 Å². The molecule has 2 N–H and O–H groups in total. The SMILES string of the molecule is CN(C(=O)C(N)c1cnn(C)c1)C1CCSC1. The average molecular weight is 254 g/mol. The molecular formula is C11H18N4OS. The van der Waals surface area contributed by atoms with E-state index >= 15 is 0 Å². The molecule has 0 saturated carbocycles. The Balaban J connectivity index is 2.03. The molecule has 1 aromatic rings. The zero-order valence-corrected chi connectivity index (χ0v) is 11.0. The first-order valence-corrected chi connectivity index (χ1v) is 6.83. The predicted octanol–water partition coefficient (Wildman–Crippen LogP) is 0.384. The third-order valence-electron chi connectivity index (χ3n) is 3.15. The van der Waals surface area contributed by atoms with E-state index in [0.717, 1.165) is 23.5 Å². The summed E-state index contributed by atoms with van der Waals surface area (Å²) in [5.41, 5.74) is 6.74. The maximum Gasteiger partial charge on any atom is 0.244 e. The lowest BCUT2D eigenvalue weighted by atomic mass is 10.1. The summed E-state index contributed by atoms with van der Waals surface area (Å²) in [6.45, 7) is 0. The standard InChI is InChI=1S/C11H18N4OS/c1-14-6-8(5-13-14)10(12)11(16)15(2)9-3-4-17-7-9/h5-6,9-10H,3-4,7,12H2,1-2H3. The van der Waals surface area contributed by atoms with Crippen molar-refractivity contribution in [2.45, 2.75) is 18.5 Å². The van der Waals surface area contributed by atoms with E-state index in [1.54, 1.807) is 22.0 Å². The van der Waals surface area contributed by atoms with Crippen LogP contribution in [-0.2, 0) is 11.8 Å². The van der Waals surface area contributed by atoms with Crippen molar-refractivity contribution in [3.63, 3.8) is 0 Å². The summed E-state index contributed by atoms with van der Waals surface area (Å²) in [7, 11) is 3.66. The van der Waals surface area contributed by atoms with Gasteiger partial charge in [-0.1, -0.05) is 0 Å². The van der Waals surface area contributed by atoms with E-state index in [1.807, 2.05) is 25.9 Å². The van der Waals surface area contributed by atoms with Crippen LogP contribution in [0.1, 0.15) is 18.0 Å². The van der Waals surface area contributed by atoms with Gasteiger partial charge in [-0.15, -0.1) is 0 Å². The molecule has 5 nitrogen and oxygen atoms in total. The Hall–Kier alpha value is -1.01. The number of rotatable bonds is 3. The molecule has 1 saturated heterocycles. The molecule has 1 aliphatic heterocycles. The second-order valence-electron chi connectivity index (χ2n) is 4.39. The third-order valence-corrected chi connectivity index (χ3v) is 4.30. The van der Waals surface area contributed by atoms with Crippen LogP contribution >= 0.6 is 11.8 Å².